The lowest BCUT2D eigenvalue weighted by atomic mass is 9.98. The van der Waals surface area contributed by atoms with Gasteiger partial charge in [0.2, 0.25) is 5.91 Å². The minimum Gasteiger partial charge on any atom is -0.493 e. The zero-order valence-electron chi connectivity index (χ0n) is 12.8. The van der Waals surface area contributed by atoms with Crippen molar-refractivity contribution in [1.29, 1.82) is 0 Å². The highest BCUT2D eigenvalue weighted by atomic mass is 32.1. The molecule has 1 amide bonds. The van der Waals surface area contributed by atoms with Crippen molar-refractivity contribution in [2.75, 3.05) is 20.8 Å². The van der Waals surface area contributed by atoms with Gasteiger partial charge in [-0.2, -0.15) is 11.3 Å². The van der Waals surface area contributed by atoms with E-state index in [2.05, 4.69) is 0 Å². The van der Waals surface area contributed by atoms with Gasteiger partial charge in [0, 0.05) is 13.1 Å². The zero-order valence-corrected chi connectivity index (χ0v) is 13.6. The van der Waals surface area contributed by atoms with E-state index in [4.69, 9.17) is 9.47 Å². The van der Waals surface area contributed by atoms with Crippen molar-refractivity contribution >= 4 is 17.2 Å². The Morgan fingerprint density at radius 2 is 1.95 bits per heavy atom. The number of carbonyl (C=O) groups is 1. The van der Waals surface area contributed by atoms with Crippen molar-refractivity contribution in [3.63, 3.8) is 0 Å². The molecule has 1 aliphatic rings. The summed E-state index contributed by atoms with van der Waals surface area (Å²) in [5.41, 5.74) is 3.47. The summed E-state index contributed by atoms with van der Waals surface area (Å²) in [6.45, 7) is 1.39. The van der Waals surface area contributed by atoms with Gasteiger partial charge < -0.3 is 14.4 Å². The number of nitrogens with zero attached hydrogens (tertiary/aromatic N) is 1. The molecule has 3 rings (SSSR count). The summed E-state index contributed by atoms with van der Waals surface area (Å²) >= 11 is 1.62. The second-order valence-corrected chi connectivity index (χ2v) is 6.13. The van der Waals surface area contributed by atoms with Crippen LogP contribution in [0.2, 0.25) is 0 Å². The van der Waals surface area contributed by atoms with Gasteiger partial charge in [-0.25, -0.2) is 0 Å². The molecule has 22 heavy (non-hydrogen) atoms. The van der Waals surface area contributed by atoms with E-state index in [1.54, 1.807) is 25.6 Å². The van der Waals surface area contributed by atoms with Gasteiger partial charge in [-0.3, -0.25) is 4.79 Å². The number of thiophene rings is 1. The molecule has 0 radical (unpaired) electrons. The lowest BCUT2D eigenvalue weighted by Gasteiger charge is -2.29. The predicted molar refractivity (Wildman–Crippen MR) is 86.7 cm³/mol. The summed E-state index contributed by atoms with van der Waals surface area (Å²) in [6.07, 6.45) is 1.33. The molecule has 2 aromatic rings. The quantitative estimate of drug-likeness (QED) is 0.870. The van der Waals surface area contributed by atoms with Crippen LogP contribution in [0.1, 0.15) is 16.7 Å². The molecule has 0 fully saturated rings. The van der Waals surface area contributed by atoms with Crippen molar-refractivity contribution < 1.29 is 14.3 Å². The molecule has 5 heteroatoms. The molecule has 0 atom stereocenters. The van der Waals surface area contributed by atoms with Crippen LogP contribution in [0.5, 0.6) is 11.5 Å². The molecular formula is C17H19NO3S. The highest BCUT2D eigenvalue weighted by Gasteiger charge is 2.22. The van der Waals surface area contributed by atoms with Gasteiger partial charge in [0.15, 0.2) is 11.5 Å². The Morgan fingerprint density at radius 3 is 2.59 bits per heavy atom. The Morgan fingerprint density at radius 1 is 1.23 bits per heavy atom. The van der Waals surface area contributed by atoms with Crippen molar-refractivity contribution in [1.82, 2.24) is 4.90 Å². The summed E-state index contributed by atoms with van der Waals surface area (Å²) in [7, 11) is 3.27. The highest BCUT2D eigenvalue weighted by Crippen LogP contribution is 2.33. The van der Waals surface area contributed by atoms with Crippen LogP contribution in [-0.2, 0) is 24.2 Å². The second-order valence-electron chi connectivity index (χ2n) is 5.35. The number of benzene rings is 1. The average molecular weight is 317 g/mol. The van der Waals surface area contributed by atoms with Gasteiger partial charge in [-0.1, -0.05) is 0 Å². The van der Waals surface area contributed by atoms with Gasteiger partial charge in [0.05, 0.1) is 20.6 Å². The molecule has 0 aliphatic carbocycles. The van der Waals surface area contributed by atoms with Crippen LogP contribution in [0.15, 0.2) is 29.0 Å². The van der Waals surface area contributed by atoms with Crippen LogP contribution in [0, 0.1) is 0 Å². The average Bonchev–Trinajstić information content (AvgIpc) is 3.05. The van der Waals surface area contributed by atoms with E-state index in [-0.39, 0.29) is 5.91 Å². The molecule has 0 N–H and O–H groups in total. The van der Waals surface area contributed by atoms with E-state index >= 15 is 0 Å². The van der Waals surface area contributed by atoms with Gasteiger partial charge in [0.25, 0.3) is 0 Å². The van der Waals surface area contributed by atoms with E-state index < -0.39 is 0 Å². The number of amides is 1. The molecule has 0 spiro atoms. The third-order valence-corrected chi connectivity index (χ3v) is 4.74. The van der Waals surface area contributed by atoms with Crippen LogP contribution in [0.4, 0.5) is 0 Å². The van der Waals surface area contributed by atoms with Gasteiger partial charge in [-0.05, 0) is 52.1 Å². The Balaban J connectivity index is 1.76. The summed E-state index contributed by atoms with van der Waals surface area (Å²) in [4.78, 5) is 14.3. The highest BCUT2D eigenvalue weighted by molar-refractivity contribution is 7.07. The summed E-state index contributed by atoms with van der Waals surface area (Å²) in [5.74, 6) is 1.64. The smallest absolute Gasteiger partial charge is 0.227 e. The van der Waals surface area contributed by atoms with Crippen molar-refractivity contribution in [3.8, 4) is 11.5 Å². The number of fused-ring (bicyclic) bond motifs is 1. The fourth-order valence-corrected chi connectivity index (χ4v) is 3.44. The molecule has 1 aliphatic heterocycles. The van der Waals surface area contributed by atoms with E-state index in [1.165, 1.54) is 5.56 Å². The molecule has 0 saturated carbocycles. The first-order valence-electron chi connectivity index (χ1n) is 7.24. The number of rotatable bonds is 4. The molecule has 0 saturated heterocycles. The number of methoxy groups -OCH3 is 2. The number of carbonyl (C=O) groups excluding carboxylic acids is 1. The largest absolute Gasteiger partial charge is 0.493 e. The van der Waals surface area contributed by atoms with E-state index in [0.29, 0.717) is 18.7 Å². The molecule has 4 nitrogen and oxygen atoms in total. The number of hydrogen-bond acceptors (Lipinski definition) is 4. The van der Waals surface area contributed by atoms with Gasteiger partial charge >= 0.3 is 0 Å². The molecule has 1 aromatic carbocycles. The Bertz CT molecular complexity index is 667. The topological polar surface area (TPSA) is 38.8 Å². The maximum Gasteiger partial charge on any atom is 0.227 e. The van der Waals surface area contributed by atoms with Gasteiger partial charge in [-0.15, -0.1) is 0 Å². The fraction of sp³-hybridized carbons (Fsp3) is 0.353. The van der Waals surface area contributed by atoms with Crippen molar-refractivity contribution in [2.45, 2.75) is 19.4 Å². The molecule has 0 unspecified atom stereocenters. The molecular weight excluding hydrogens is 298 g/mol. The van der Waals surface area contributed by atoms with Crippen LogP contribution in [0.3, 0.4) is 0 Å². The maximum atomic E-state index is 12.4. The molecule has 1 aromatic heterocycles. The van der Waals surface area contributed by atoms with Crippen molar-refractivity contribution in [3.05, 3.63) is 45.6 Å². The van der Waals surface area contributed by atoms with Gasteiger partial charge in [0.1, 0.15) is 0 Å². The normalized spacial score (nSPS) is 13.6. The SMILES string of the molecule is COc1cc2c(cc1OC)CN(C(=O)Cc1ccsc1)CC2. The van der Waals surface area contributed by atoms with E-state index in [0.717, 1.165) is 29.8 Å². The summed E-state index contributed by atoms with van der Waals surface area (Å²) < 4.78 is 10.7. The van der Waals surface area contributed by atoms with Crippen LogP contribution < -0.4 is 9.47 Å². The number of ether oxygens (including phenoxy) is 2. The first-order valence-corrected chi connectivity index (χ1v) is 8.18. The molecule has 116 valence electrons. The minimum atomic E-state index is 0.179. The summed E-state index contributed by atoms with van der Waals surface area (Å²) in [6, 6.07) is 6.02. The van der Waals surface area contributed by atoms with E-state index in [9.17, 15) is 4.79 Å². The lowest BCUT2D eigenvalue weighted by Crippen LogP contribution is -2.36. The monoisotopic (exact) mass is 317 g/mol. The maximum absolute atomic E-state index is 12.4. The molecule has 2 heterocycles. The Kier molecular flexibility index (Phi) is 4.34. The zero-order chi connectivity index (χ0) is 15.5. The third kappa shape index (κ3) is 2.95. The molecule has 0 bridgehead atoms. The fourth-order valence-electron chi connectivity index (χ4n) is 2.78. The Hall–Kier alpha value is -2.01. The first-order chi connectivity index (χ1) is 10.7. The van der Waals surface area contributed by atoms with E-state index in [1.807, 2.05) is 33.9 Å². The standard InChI is InChI=1S/C17H19NO3S/c1-20-15-8-13-3-5-18(10-14(13)9-16(15)21-2)17(19)7-12-4-6-22-11-12/h4,6,8-9,11H,3,5,7,10H2,1-2H3. The summed E-state index contributed by atoms with van der Waals surface area (Å²) in [5, 5.41) is 4.04. The minimum absolute atomic E-state index is 0.179. The lowest BCUT2D eigenvalue weighted by molar-refractivity contribution is -0.131. The van der Waals surface area contributed by atoms with Crippen molar-refractivity contribution in [2.24, 2.45) is 0 Å². The predicted octanol–water partition coefficient (Wildman–Crippen LogP) is 2.89. The Labute approximate surface area is 134 Å². The van der Waals surface area contributed by atoms with Crippen LogP contribution >= 0.6 is 11.3 Å². The van der Waals surface area contributed by atoms with Crippen LogP contribution in [-0.4, -0.2) is 31.6 Å². The number of hydrogen-bond donors (Lipinski definition) is 0. The second kappa shape index (κ2) is 6.40. The third-order valence-electron chi connectivity index (χ3n) is 4.01. The van der Waals surface area contributed by atoms with Crippen LogP contribution in [0.25, 0.3) is 0 Å². The first kappa shape index (κ1) is 14.9.